The minimum Gasteiger partial charge on any atom is -0.496 e. The van der Waals surface area contributed by atoms with Crippen LogP contribution in [0.5, 0.6) is 5.75 Å². The van der Waals surface area contributed by atoms with Crippen LogP contribution in [0, 0.1) is 0 Å². The van der Waals surface area contributed by atoms with Crippen LogP contribution in [0.25, 0.3) is 11.0 Å². The van der Waals surface area contributed by atoms with E-state index in [0.29, 0.717) is 11.3 Å². The van der Waals surface area contributed by atoms with Crippen molar-refractivity contribution in [1.29, 1.82) is 0 Å². The van der Waals surface area contributed by atoms with Gasteiger partial charge in [-0.2, -0.15) is 0 Å². The number of carbonyl (C=O) groups is 2. The van der Waals surface area contributed by atoms with Crippen LogP contribution < -0.4 is 4.74 Å². The summed E-state index contributed by atoms with van der Waals surface area (Å²) in [7, 11) is 1.46. The predicted octanol–water partition coefficient (Wildman–Crippen LogP) is 3.48. The van der Waals surface area contributed by atoms with Crippen LogP contribution >= 0.6 is 0 Å². The van der Waals surface area contributed by atoms with Crippen LogP contribution in [-0.4, -0.2) is 25.5 Å². The summed E-state index contributed by atoms with van der Waals surface area (Å²) in [6.07, 6.45) is 0. The number of benzene rings is 2. The first kappa shape index (κ1) is 14.8. The van der Waals surface area contributed by atoms with Gasteiger partial charge in [0, 0.05) is 5.39 Å². The Morgan fingerprint density at radius 3 is 2.57 bits per heavy atom. The van der Waals surface area contributed by atoms with Crippen molar-refractivity contribution in [2.45, 2.75) is 0 Å². The summed E-state index contributed by atoms with van der Waals surface area (Å²) in [5, 5.41) is 0.826. The first-order valence-corrected chi connectivity index (χ1v) is 7.01. The van der Waals surface area contributed by atoms with Gasteiger partial charge in [0.25, 0.3) is 0 Å². The molecule has 0 saturated heterocycles. The van der Waals surface area contributed by atoms with Crippen molar-refractivity contribution in [3.63, 3.8) is 0 Å². The number of hydrogen-bond donors (Lipinski definition) is 0. The standard InChI is InChI=1S/C18H14O5/c1-21-16-9-5-3-7-13(16)18(20)22-11-14(19)17-10-12-6-2-4-8-15(12)23-17/h2-10H,11H2,1H3. The molecule has 3 rings (SSSR count). The normalized spacial score (nSPS) is 10.5. The molecule has 116 valence electrons. The molecule has 0 unspecified atom stereocenters. The molecule has 0 atom stereocenters. The smallest absolute Gasteiger partial charge is 0.342 e. The first-order valence-electron chi connectivity index (χ1n) is 7.01. The Morgan fingerprint density at radius 1 is 1.04 bits per heavy atom. The van der Waals surface area contributed by atoms with E-state index in [0.717, 1.165) is 5.39 Å². The highest BCUT2D eigenvalue weighted by molar-refractivity contribution is 6.00. The third-order valence-corrected chi connectivity index (χ3v) is 3.36. The molecule has 1 aromatic heterocycles. The molecule has 0 spiro atoms. The fraction of sp³-hybridized carbons (Fsp3) is 0.111. The Kier molecular flexibility index (Phi) is 4.10. The zero-order valence-electron chi connectivity index (χ0n) is 12.4. The average molecular weight is 310 g/mol. The Labute approximate surface area is 132 Å². The molecule has 0 bridgehead atoms. The summed E-state index contributed by atoms with van der Waals surface area (Å²) in [6, 6.07) is 15.6. The summed E-state index contributed by atoms with van der Waals surface area (Å²) in [5.74, 6) is -0.455. The van der Waals surface area contributed by atoms with Crippen LogP contribution in [0.3, 0.4) is 0 Å². The molecule has 5 nitrogen and oxygen atoms in total. The number of para-hydroxylation sites is 2. The maximum absolute atomic E-state index is 12.1. The van der Waals surface area contributed by atoms with Gasteiger partial charge < -0.3 is 13.9 Å². The summed E-state index contributed by atoms with van der Waals surface area (Å²) < 4.78 is 15.6. The fourth-order valence-corrected chi connectivity index (χ4v) is 2.21. The van der Waals surface area contributed by atoms with Crippen molar-refractivity contribution < 1.29 is 23.5 Å². The Bertz CT molecular complexity index is 829. The number of ketones is 1. The van der Waals surface area contributed by atoms with Gasteiger partial charge in [0.1, 0.15) is 16.9 Å². The zero-order chi connectivity index (χ0) is 16.2. The molecule has 0 aliphatic carbocycles. The lowest BCUT2D eigenvalue weighted by atomic mass is 10.2. The SMILES string of the molecule is COc1ccccc1C(=O)OCC(=O)c1cc2ccccc2o1. The predicted molar refractivity (Wildman–Crippen MR) is 83.8 cm³/mol. The number of ether oxygens (including phenoxy) is 2. The molecule has 0 aliphatic rings. The number of hydrogen-bond acceptors (Lipinski definition) is 5. The Balaban J connectivity index is 1.70. The Hall–Kier alpha value is -3.08. The van der Waals surface area contributed by atoms with Gasteiger partial charge in [0.05, 0.1) is 7.11 Å². The molecule has 0 radical (unpaired) electrons. The third-order valence-electron chi connectivity index (χ3n) is 3.36. The average Bonchev–Trinajstić information content (AvgIpc) is 3.03. The maximum Gasteiger partial charge on any atom is 0.342 e. The summed E-state index contributed by atoms with van der Waals surface area (Å²) in [5.41, 5.74) is 0.888. The van der Waals surface area contributed by atoms with Crippen LogP contribution in [0.2, 0.25) is 0 Å². The van der Waals surface area contributed by atoms with Crippen LogP contribution in [0.4, 0.5) is 0 Å². The van der Waals surface area contributed by atoms with E-state index in [4.69, 9.17) is 13.9 Å². The summed E-state index contributed by atoms with van der Waals surface area (Å²) in [6.45, 7) is -0.392. The molecule has 23 heavy (non-hydrogen) atoms. The largest absolute Gasteiger partial charge is 0.496 e. The first-order chi connectivity index (χ1) is 11.2. The zero-order valence-corrected chi connectivity index (χ0v) is 12.4. The van der Waals surface area contributed by atoms with E-state index in [1.165, 1.54) is 7.11 Å². The van der Waals surface area contributed by atoms with Gasteiger partial charge in [-0.25, -0.2) is 4.79 Å². The number of Topliss-reactive ketones (excluding diaryl/α,β-unsaturated/α-hetero) is 1. The van der Waals surface area contributed by atoms with Gasteiger partial charge in [-0.15, -0.1) is 0 Å². The molecule has 0 amide bonds. The Morgan fingerprint density at radius 2 is 1.78 bits per heavy atom. The lowest BCUT2D eigenvalue weighted by Gasteiger charge is -2.07. The summed E-state index contributed by atoms with van der Waals surface area (Å²) in [4.78, 5) is 24.1. The van der Waals surface area contributed by atoms with Gasteiger partial charge in [-0.1, -0.05) is 30.3 Å². The van der Waals surface area contributed by atoms with Gasteiger partial charge in [0.15, 0.2) is 12.4 Å². The van der Waals surface area contributed by atoms with Gasteiger partial charge in [0.2, 0.25) is 5.78 Å². The highest BCUT2D eigenvalue weighted by Crippen LogP contribution is 2.20. The molecule has 1 heterocycles. The maximum atomic E-state index is 12.1. The van der Waals surface area contributed by atoms with Crippen molar-refractivity contribution in [2.24, 2.45) is 0 Å². The molecular formula is C18H14O5. The highest BCUT2D eigenvalue weighted by atomic mass is 16.5. The second-order valence-electron chi connectivity index (χ2n) is 4.85. The number of rotatable bonds is 5. The number of esters is 1. The number of fused-ring (bicyclic) bond motifs is 1. The number of furan rings is 1. The molecule has 2 aromatic carbocycles. The topological polar surface area (TPSA) is 65.7 Å². The molecule has 0 N–H and O–H groups in total. The molecule has 0 fully saturated rings. The van der Waals surface area contributed by atoms with Gasteiger partial charge >= 0.3 is 5.97 Å². The number of carbonyl (C=O) groups excluding carboxylic acids is 2. The van der Waals surface area contributed by atoms with E-state index in [1.54, 1.807) is 36.4 Å². The van der Waals surface area contributed by atoms with E-state index < -0.39 is 18.4 Å². The second kappa shape index (κ2) is 6.36. The monoisotopic (exact) mass is 310 g/mol. The van der Waals surface area contributed by atoms with Crippen LogP contribution in [0.15, 0.2) is 59.0 Å². The molecule has 0 saturated carbocycles. The van der Waals surface area contributed by atoms with Gasteiger partial charge in [-0.05, 0) is 24.3 Å². The van der Waals surface area contributed by atoms with Crippen molar-refractivity contribution in [3.8, 4) is 5.75 Å². The van der Waals surface area contributed by atoms with E-state index in [2.05, 4.69) is 0 Å². The minimum absolute atomic E-state index is 0.166. The lowest BCUT2D eigenvalue weighted by Crippen LogP contribution is -2.14. The molecule has 3 aromatic rings. The molecular weight excluding hydrogens is 296 g/mol. The van der Waals surface area contributed by atoms with Gasteiger partial charge in [-0.3, -0.25) is 4.79 Å². The lowest BCUT2D eigenvalue weighted by molar-refractivity contribution is 0.0465. The van der Waals surface area contributed by atoms with Crippen LogP contribution in [-0.2, 0) is 4.74 Å². The van der Waals surface area contributed by atoms with E-state index in [-0.39, 0.29) is 11.3 Å². The van der Waals surface area contributed by atoms with Crippen molar-refractivity contribution in [1.82, 2.24) is 0 Å². The molecule has 0 aliphatic heterocycles. The number of methoxy groups -OCH3 is 1. The van der Waals surface area contributed by atoms with Crippen molar-refractivity contribution in [3.05, 3.63) is 65.9 Å². The third kappa shape index (κ3) is 3.08. The molecule has 5 heteroatoms. The van der Waals surface area contributed by atoms with Crippen molar-refractivity contribution >= 4 is 22.7 Å². The van der Waals surface area contributed by atoms with E-state index in [1.807, 2.05) is 18.2 Å². The highest BCUT2D eigenvalue weighted by Gasteiger charge is 2.17. The van der Waals surface area contributed by atoms with E-state index in [9.17, 15) is 9.59 Å². The van der Waals surface area contributed by atoms with Crippen LogP contribution in [0.1, 0.15) is 20.9 Å². The summed E-state index contributed by atoms with van der Waals surface area (Å²) >= 11 is 0. The quantitative estimate of drug-likeness (QED) is 0.533. The minimum atomic E-state index is -0.619. The fourth-order valence-electron chi connectivity index (χ4n) is 2.21. The van der Waals surface area contributed by atoms with Crippen molar-refractivity contribution in [2.75, 3.05) is 13.7 Å². The second-order valence-corrected chi connectivity index (χ2v) is 4.85. The van der Waals surface area contributed by atoms with E-state index >= 15 is 0 Å².